The van der Waals surface area contributed by atoms with Crippen molar-refractivity contribution in [1.82, 2.24) is 5.32 Å². The number of likely N-dealkylation sites (N-methyl/N-ethyl adjacent to an activating group) is 1. The number of hydrogen-bond acceptors (Lipinski definition) is 2. The van der Waals surface area contributed by atoms with E-state index in [9.17, 15) is 0 Å². The van der Waals surface area contributed by atoms with Gasteiger partial charge in [-0.2, -0.15) is 11.3 Å². The molecule has 1 atom stereocenters. The van der Waals surface area contributed by atoms with Gasteiger partial charge >= 0.3 is 0 Å². The highest BCUT2D eigenvalue weighted by Gasteiger charge is 2.05. The van der Waals surface area contributed by atoms with Crippen LogP contribution in [-0.2, 0) is 6.42 Å². The molecule has 0 aliphatic carbocycles. The van der Waals surface area contributed by atoms with Gasteiger partial charge in [-0.25, -0.2) is 0 Å². The summed E-state index contributed by atoms with van der Waals surface area (Å²) in [5.74, 6) is 0. The first-order chi connectivity index (χ1) is 8.70. The van der Waals surface area contributed by atoms with Gasteiger partial charge in [0.15, 0.2) is 0 Å². The maximum atomic E-state index is 3.58. The fourth-order valence-electron chi connectivity index (χ4n) is 2.08. The second-order valence-corrected chi connectivity index (χ2v) is 6.09. The molecule has 1 aromatic carbocycles. The first kappa shape index (κ1) is 13.8. The smallest absolute Gasteiger partial charge is 0.0360 e. The first-order valence-corrected chi connectivity index (χ1v) is 7.98. The van der Waals surface area contributed by atoms with Gasteiger partial charge in [-0.05, 0) is 52.3 Å². The predicted molar refractivity (Wildman–Crippen MR) is 84.3 cm³/mol. The Hall–Kier alpha value is -0.640. The highest BCUT2D eigenvalue weighted by atomic mass is 79.9. The van der Waals surface area contributed by atoms with Crippen molar-refractivity contribution in [2.24, 2.45) is 0 Å². The average molecular weight is 324 g/mol. The summed E-state index contributed by atoms with van der Waals surface area (Å²) < 4.78 is 1.18. The van der Waals surface area contributed by atoms with Gasteiger partial charge in [0.05, 0.1) is 0 Å². The minimum atomic E-state index is 0.536. The summed E-state index contributed by atoms with van der Waals surface area (Å²) in [5.41, 5.74) is 3.95. The topological polar surface area (TPSA) is 12.0 Å². The molecule has 1 N–H and O–H groups in total. The maximum absolute atomic E-state index is 3.58. The van der Waals surface area contributed by atoms with Crippen molar-refractivity contribution in [3.05, 3.63) is 45.1 Å². The third-order valence-electron chi connectivity index (χ3n) is 2.97. The van der Waals surface area contributed by atoms with Crippen LogP contribution in [0.25, 0.3) is 11.1 Å². The fraction of sp³-hybridized carbons (Fsp3) is 0.333. The van der Waals surface area contributed by atoms with Crippen molar-refractivity contribution in [2.75, 3.05) is 6.54 Å². The Morgan fingerprint density at radius 1 is 1.22 bits per heavy atom. The molecule has 0 spiro atoms. The molecule has 1 unspecified atom stereocenters. The largest absolute Gasteiger partial charge is 0.314 e. The van der Waals surface area contributed by atoms with Crippen LogP contribution >= 0.6 is 27.3 Å². The van der Waals surface area contributed by atoms with Crippen molar-refractivity contribution >= 4 is 27.3 Å². The lowest BCUT2D eigenvalue weighted by Gasteiger charge is -2.12. The van der Waals surface area contributed by atoms with Crippen LogP contribution in [0.15, 0.2) is 39.5 Å². The van der Waals surface area contributed by atoms with E-state index in [4.69, 9.17) is 0 Å². The second kappa shape index (κ2) is 6.50. The second-order valence-electron chi connectivity index (χ2n) is 4.49. The quantitative estimate of drug-likeness (QED) is 0.839. The van der Waals surface area contributed by atoms with E-state index in [2.05, 4.69) is 70.1 Å². The van der Waals surface area contributed by atoms with Gasteiger partial charge in [-0.15, -0.1) is 0 Å². The molecule has 0 saturated carbocycles. The van der Waals surface area contributed by atoms with E-state index in [1.165, 1.54) is 21.2 Å². The molecule has 1 aromatic heterocycles. The lowest BCUT2D eigenvalue weighted by molar-refractivity contribution is 0.565. The van der Waals surface area contributed by atoms with Crippen LogP contribution in [0.3, 0.4) is 0 Å². The predicted octanol–water partition coefficient (Wildman–Crippen LogP) is 4.72. The van der Waals surface area contributed by atoms with Crippen LogP contribution < -0.4 is 5.32 Å². The minimum absolute atomic E-state index is 0.536. The van der Waals surface area contributed by atoms with E-state index in [-0.39, 0.29) is 0 Å². The zero-order valence-corrected chi connectivity index (χ0v) is 13.1. The summed E-state index contributed by atoms with van der Waals surface area (Å²) in [4.78, 5) is 0. The molecule has 96 valence electrons. The molecule has 0 saturated heterocycles. The summed E-state index contributed by atoms with van der Waals surface area (Å²) in [6.07, 6.45) is 1.08. The van der Waals surface area contributed by atoms with Crippen LogP contribution in [0.4, 0.5) is 0 Å². The maximum Gasteiger partial charge on any atom is 0.0360 e. The number of rotatable bonds is 5. The van der Waals surface area contributed by atoms with E-state index in [1.807, 2.05) is 0 Å². The SMILES string of the molecule is CCNC(C)Cc1ccc(-c2cscc2Br)cc1. The van der Waals surface area contributed by atoms with Crippen LogP contribution in [0, 0.1) is 0 Å². The average Bonchev–Trinajstić information content (AvgIpc) is 2.77. The van der Waals surface area contributed by atoms with E-state index >= 15 is 0 Å². The van der Waals surface area contributed by atoms with Gasteiger partial charge < -0.3 is 5.32 Å². The molecule has 0 radical (unpaired) electrons. The van der Waals surface area contributed by atoms with Gasteiger partial charge in [-0.1, -0.05) is 31.2 Å². The molecule has 0 aliphatic heterocycles. The number of thiophene rings is 1. The van der Waals surface area contributed by atoms with Crippen molar-refractivity contribution in [1.29, 1.82) is 0 Å². The number of nitrogens with one attached hydrogen (secondary N) is 1. The third-order valence-corrected chi connectivity index (χ3v) is 4.68. The van der Waals surface area contributed by atoms with Gasteiger partial charge in [0.25, 0.3) is 0 Å². The molecule has 1 nitrogen and oxygen atoms in total. The molecule has 0 fully saturated rings. The molecule has 3 heteroatoms. The van der Waals surface area contributed by atoms with Crippen molar-refractivity contribution in [3.63, 3.8) is 0 Å². The Morgan fingerprint density at radius 3 is 2.50 bits per heavy atom. The molecule has 2 rings (SSSR count). The molecular weight excluding hydrogens is 306 g/mol. The van der Waals surface area contributed by atoms with Gasteiger partial charge in [-0.3, -0.25) is 0 Å². The lowest BCUT2D eigenvalue weighted by atomic mass is 10.0. The number of hydrogen-bond donors (Lipinski definition) is 1. The van der Waals surface area contributed by atoms with Gasteiger partial charge in [0.2, 0.25) is 0 Å². The third kappa shape index (κ3) is 3.44. The van der Waals surface area contributed by atoms with Gasteiger partial charge in [0.1, 0.15) is 0 Å². The van der Waals surface area contributed by atoms with Crippen molar-refractivity contribution in [3.8, 4) is 11.1 Å². The molecular formula is C15H18BrNS. The van der Waals surface area contributed by atoms with Crippen LogP contribution in [0.1, 0.15) is 19.4 Å². The molecule has 0 amide bonds. The highest BCUT2D eigenvalue weighted by Crippen LogP contribution is 2.31. The van der Waals surface area contributed by atoms with Crippen LogP contribution in [-0.4, -0.2) is 12.6 Å². The zero-order chi connectivity index (χ0) is 13.0. The summed E-state index contributed by atoms with van der Waals surface area (Å²) >= 11 is 5.31. The number of benzene rings is 1. The summed E-state index contributed by atoms with van der Waals surface area (Å²) in [7, 11) is 0. The number of halogens is 1. The Balaban J connectivity index is 2.08. The monoisotopic (exact) mass is 323 g/mol. The summed E-state index contributed by atoms with van der Waals surface area (Å²) in [6.45, 7) is 5.40. The summed E-state index contributed by atoms with van der Waals surface area (Å²) in [6, 6.07) is 9.41. The zero-order valence-electron chi connectivity index (χ0n) is 10.7. The molecule has 0 aliphatic rings. The van der Waals surface area contributed by atoms with Crippen LogP contribution in [0.5, 0.6) is 0 Å². The molecule has 0 bridgehead atoms. The van der Waals surface area contributed by atoms with E-state index in [0.29, 0.717) is 6.04 Å². The van der Waals surface area contributed by atoms with Crippen molar-refractivity contribution in [2.45, 2.75) is 26.3 Å². The first-order valence-electron chi connectivity index (χ1n) is 6.25. The standard InChI is InChI=1S/C15H18BrNS/c1-3-17-11(2)8-12-4-6-13(7-5-12)14-9-18-10-15(14)16/h4-7,9-11,17H,3,8H2,1-2H3. The molecule has 2 aromatic rings. The highest BCUT2D eigenvalue weighted by molar-refractivity contribution is 9.10. The lowest BCUT2D eigenvalue weighted by Crippen LogP contribution is -2.27. The van der Waals surface area contributed by atoms with E-state index in [1.54, 1.807) is 11.3 Å². The Labute approximate surface area is 121 Å². The van der Waals surface area contributed by atoms with Gasteiger partial charge in [0, 0.05) is 21.5 Å². The van der Waals surface area contributed by atoms with Crippen LogP contribution in [0.2, 0.25) is 0 Å². The normalized spacial score (nSPS) is 12.6. The van der Waals surface area contributed by atoms with E-state index in [0.717, 1.165) is 13.0 Å². The molecule has 1 heterocycles. The fourth-order valence-corrected chi connectivity index (χ4v) is 3.61. The van der Waals surface area contributed by atoms with E-state index < -0.39 is 0 Å². The Morgan fingerprint density at radius 2 is 1.94 bits per heavy atom. The van der Waals surface area contributed by atoms with Crippen molar-refractivity contribution < 1.29 is 0 Å². The Bertz CT molecular complexity index is 489. The minimum Gasteiger partial charge on any atom is -0.314 e. The Kier molecular flexibility index (Phi) is 4.98. The molecule has 18 heavy (non-hydrogen) atoms. The summed E-state index contributed by atoms with van der Waals surface area (Å²) in [5, 5.41) is 7.74.